The number of furan rings is 1. The third-order valence-corrected chi connectivity index (χ3v) is 7.04. The molecule has 3 nitrogen and oxygen atoms in total. The van der Waals surface area contributed by atoms with Crippen molar-refractivity contribution in [3.05, 3.63) is 108 Å². The van der Waals surface area contributed by atoms with Crippen LogP contribution in [0.15, 0.2) is 102 Å². The van der Waals surface area contributed by atoms with Crippen molar-refractivity contribution < 1.29 is 7.16 Å². The van der Waals surface area contributed by atoms with Crippen LogP contribution in [0.4, 0.5) is 0 Å². The maximum absolute atomic E-state index is 8.51. The second kappa shape index (κ2) is 9.33. The molecule has 3 heteroatoms. The number of para-hydroxylation sites is 2. The number of rotatable bonds is 5. The first-order chi connectivity index (χ1) is 19.0. The lowest BCUT2D eigenvalue weighted by Gasteiger charge is -2.19. The van der Waals surface area contributed by atoms with Crippen LogP contribution in [0.25, 0.3) is 50.2 Å². The molecule has 190 valence electrons. The van der Waals surface area contributed by atoms with Crippen molar-refractivity contribution in [2.45, 2.75) is 46.4 Å². The summed E-state index contributed by atoms with van der Waals surface area (Å²) in [7, 11) is 0. The van der Waals surface area contributed by atoms with Crippen LogP contribution < -0.4 is 0 Å². The molecular formula is C35H34N2O. The molecule has 0 amide bonds. The molecule has 4 aromatic carbocycles. The molecule has 0 unspecified atom stereocenters. The predicted octanol–water partition coefficient (Wildman–Crippen LogP) is 9.60. The highest BCUT2D eigenvalue weighted by Gasteiger charge is 2.19. The van der Waals surface area contributed by atoms with Crippen LogP contribution in [0, 0.1) is 5.92 Å². The number of hydrogen-bond acceptors (Lipinski definition) is 2. The maximum Gasteiger partial charge on any atom is 0.149 e. The topological polar surface area (TPSA) is 31.0 Å². The van der Waals surface area contributed by atoms with Crippen LogP contribution in [0.1, 0.15) is 48.5 Å². The van der Waals surface area contributed by atoms with Gasteiger partial charge in [0.1, 0.15) is 17.7 Å². The van der Waals surface area contributed by atoms with E-state index in [0.717, 1.165) is 39.1 Å². The Balaban J connectivity index is 1.44. The van der Waals surface area contributed by atoms with Crippen LogP contribution in [0.2, 0.25) is 0 Å². The van der Waals surface area contributed by atoms with Gasteiger partial charge in [0.05, 0.1) is 16.6 Å². The summed E-state index contributed by atoms with van der Waals surface area (Å²) in [6.45, 7) is 10.5. The van der Waals surface area contributed by atoms with Crippen molar-refractivity contribution in [2.75, 3.05) is 0 Å². The summed E-state index contributed by atoms with van der Waals surface area (Å²) in [4.78, 5) is 5.02. The van der Waals surface area contributed by atoms with Crippen molar-refractivity contribution in [2.24, 2.45) is 5.92 Å². The average Bonchev–Trinajstić information content (AvgIpc) is 3.53. The van der Waals surface area contributed by atoms with Gasteiger partial charge in [-0.2, -0.15) is 0 Å². The lowest BCUT2D eigenvalue weighted by atomic mass is 9.86. The summed E-state index contributed by atoms with van der Waals surface area (Å²) in [6.07, 6.45) is 0.297. The average molecular weight is 501 g/mol. The van der Waals surface area contributed by atoms with Gasteiger partial charge in [0.2, 0.25) is 0 Å². The van der Waals surface area contributed by atoms with Gasteiger partial charge in [0.15, 0.2) is 0 Å². The van der Waals surface area contributed by atoms with Gasteiger partial charge in [0, 0.05) is 13.8 Å². The zero-order valence-corrected chi connectivity index (χ0v) is 22.6. The third kappa shape index (κ3) is 4.43. The molecule has 0 spiro atoms. The Morgan fingerprint density at radius 2 is 1.55 bits per heavy atom. The summed E-state index contributed by atoms with van der Waals surface area (Å²) in [6, 6.07) is 31.2. The van der Waals surface area contributed by atoms with E-state index in [1.807, 2.05) is 50.2 Å². The minimum Gasteiger partial charge on any atom is -0.464 e. The van der Waals surface area contributed by atoms with Crippen LogP contribution >= 0.6 is 0 Å². The quantitative estimate of drug-likeness (QED) is 0.236. The Hall–Kier alpha value is -4.11. The van der Waals surface area contributed by atoms with E-state index in [2.05, 4.69) is 79.9 Å². The van der Waals surface area contributed by atoms with Gasteiger partial charge < -0.3 is 4.42 Å². The van der Waals surface area contributed by atoms with Crippen molar-refractivity contribution in [3.8, 4) is 28.2 Å². The smallest absolute Gasteiger partial charge is 0.149 e. The number of nitrogens with zero attached hydrogens (tertiary/aromatic N) is 2. The molecule has 0 bridgehead atoms. The molecule has 0 radical (unpaired) electrons. The SMILES string of the molecule is [2H]C([2H])(c1ccc2c(-c3nc4ccccc4n3-c3ccc(-c4ccc(C(C)(C)C)cc4)cc3)coc2c1)C(C)C. The van der Waals surface area contributed by atoms with E-state index in [1.54, 1.807) is 6.26 Å². The Morgan fingerprint density at radius 1 is 0.868 bits per heavy atom. The number of hydrogen-bond donors (Lipinski definition) is 0. The van der Waals surface area contributed by atoms with Gasteiger partial charge in [-0.1, -0.05) is 95.3 Å². The normalized spacial score (nSPS) is 13.3. The highest BCUT2D eigenvalue weighted by Crippen LogP contribution is 2.36. The lowest BCUT2D eigenvalue weighted by molar-refractivity contribution is 0.590. The molecule has 0 aliphatic carbocycles. The van der Waals surface area contributed by atoms with Crippen molar-refractivity contribution >= 4 is 22.0 Å². The Morgan fingerprint density at radius 3 is 2.24 bits per heavy atom. The van der Waals surface area contributed by atoms with Crippen LogP contribution in [0.5, 0.6) is 0 Å². The number of fused-ring (bicyclic) bond motifs is 2. The molecule has 0 aliphatic heterocycles. The van der Waals surface area contributed by atoms with Crippen LogP contribution in [-0.4, -0.2) is 9.55 Å². The highest BCUT2D eigenvalue weighted by molar-refractivity contribution is 5.95. The summed E-state index contributed by atoms with van der Waals surface area (Å²) in [5.41, 5.74) is 8.89. The first kappa shape index (κ1) is 21.9. The van der Waals surface area contributed by atoms with Gasteiger partial charge in [-0.3, -0.25) is 4.57 Å². The second-order valence-electron chi connectivity index (χ2n) is 11.3. The van der Waals surface area contributed by atoms with E-state index in [0.29, 0.717) is 11.1 Å². The second-order valence-corrected chi connectivity index (χ2v) is 11.3. The Bertz CT molecular complexity index is 1820. The van der Waals surface area contributed by atoms with E-state index in [-0.39, 0.29) is 11.3 Å². The molecule has 2 heterocycles. The Kier molecular flexibility index (Phi) is 5.38. The van der Waals surface area contributed by atoms with E-state index >= 15 is 0 Å². The summed E-state index contributed by atoms with van der Waals surface area (Å²) >= 11 is 0. The van der Waals surface area contributed by atoms with E-state index in [9.17, 15) is 0 Å². The van der Waals surface area contributed by atoms with E-state index < -0.39 is 6.37 Å². The standard InChI is InChI=1S/C35H34N2O/c1-23(2)20-24-10-19-29-30(22-38-33(29)21-24)34-36-31-8-6-7-9-32(31)37(34)28-17-13-26(14-18-28)25-11-15-27(16-12-25)35(3,4)5/h6-19,21-23H,20H2,1-5H3/i20D2. The van der Waals surface area contributed by atoms with Gasteiger partial charge in [0.25, 0.3) is 0 Å². The maximum atomic E-state index is 8.51. The van der Waals surface area contributed by atoms with Crippen molar-refractivity contribution in [1.82, 2.24) is 9.55 Å². The molecule has 0 N–H and O–H groups in total. The molecule has 38 heavy (non-hydrogen) atoms. The fourth-order valence-corrected chi connectivity index (χ4v) is 5.06. The highest BCUT2D eigenvalue weighted by atomic mass is 16.3. The van der Waals surface area contributed by atoms with Crippen LogP contribution in [0.3, 0.4) is 0 Å². The van der Waals surface area contributed by atoms with Crippen LogP contribution in [-0.2, 0) is 11.8 Å². The molecule has 2 aromatic heterocycles. The first-order valence-electron chi connectivity index (χ1n) is 14.2. The molecule has 0 saturated heterocycles. The monoisotopic (exact) mass is 500 g/mol. The third-order valence-electron chi connectivity index (χ3n) is 7.04. The number of benzene rings is 4. The van der Waals surface area contributed by atoms with Crippen molar-refractivity contribution in [3.63, 3.8) is 0 Å². The van der Waals surface area contributed by atoms with Gasteiger partial charge in [-0.25, -0.2) is 4.98 Å². The summed E-state index contributed by atoms with van der Waals surface area (Å²) < 4.78 is 25.2. The molecule has 0 saturated carbocycles. The first-order valence-corrected chi connectivity index (χ1v) is 13.2. The van der Waals surface area contributed by atoms with Crippen molar-refractivity contribution in [1.29, 1.82) is 0 Å². The Labute approximate surface area is 227 Å². The fraction of sp³-hybridized carbons (Fsp3) is 0.229. The minimum atomic E-state index is -1.44. The molecule has 6 rings (SSSR count). The fourth-order valence-electron chi connectivity index (χ4n) is 5.06. The zero-order chi connectivity index (χ0) is 28.2. The zero-order valence-electron chi connectivity index (χ0n) is 24.6. The molecule has 6 aromatic rings. The van der Waals surface area contributed by atoms with Gasteiger partial charge in [-0.15, -0.1) is 0 Å². The van der Waals surface area contributed by atoms with E-state index in [4.69, 9.17) is 12.1 Å². The predicted molar refractivity (Wildman–Crippen MR) is 159 cm³/mol. The van der Waals surface area contributed by atoms with Gasteiger partial charge in [-0.05, 0) is 70.3 Å². The van der Waals surface area contributed by atoms with Gasteiger partial charge >= 0.3 is 0 Å². The number of aromatic nitrogens is 2. The molecular weight excluding hydrogens is 464 g/mol. The van der Waals surface area contributed by atoms with E-state index in [1.165, 1.54) is 11.1 Å². The molecule has 0 fully saturated rings. The molecule has 0 atom stereocenters. The minimum absolute atomic E-state index is 0.125. The summed E-state index contributed by atoms with van der Waals surface area (Å²) in [5, 5.41) is 0.912. The lowest BCUT2D eigenvalue weighted by Crippen LogP contribution is -2.10. The largest absolute Gasteiger partial charge is 0.464 e. The summed E-state index contributed by atoms with van der Waals surface area (Å²) in [5.74, 6) is 0.643. The number of imidazole rings is 1. The molecule has 0 aliphatic rings.